The molecule has 4 aromatic rings. The zero-order valence-electron chi connectivity index (χ0n) is 18.3. The Kier molecular flexibility index (Phi) is 6.84. The number of ether oxygens (including phenoxy) is 2. The van der Waals surface area contributed by atoms with Crippen molar-refractivity contribution in [1.82, 2.24) is 24.7 Å². The van der Waals surface area contributed by atoms with Crippen LogP contribution in [0.5, 0.6) is 11.5 Å². The van der Waals surface area contributed by atoms with E-state index >= 15 is 0 Å². The van der Waals surface area contributed by atoms with Crippen LogP contribution in [0.15, 0.2) is 72.1 Å². The van der Waals surface area contributed by atoms with E-state index in [1.54, 1.807) is 39.6 Å². The van der Waals surface area contributed by atoms with Gasteiger partial charge < -0.3 is 9.47 Å². The fourth-order valence-corrected chi connectivity index (χ4v) is 3.97. The maximum atomic E-state index is 12.7. The molecule has 0 fully saturated rings. The molecule has 0 aliphatic rings. The van der Waals surface area contributed by atoms with Crippen molar-refractivity contribution in [1.29, 1.82) is 0 Å². The Balaban J connectivity index is 1.70. The molecule has 0 aliphatic carbocycles. The van der Waals surface area contributed by atoms with E-state index in [1.807, 2.05) is 53.1 Å². The molecule has 1 unspecified atom stereocenters. The van der Waals surface area contributed by atoms with Crippen molar-refractivity contribution in [3.63, 3.8) is 0 Å². The van der Waals surface area contributed by atoms with Crippen LogP contribution < -0.4 is 14.8 Å². The molecule has 4 rings (SSSR count). The topological polar surface area (TPSA) is 104 Å². The van der Waals surface area contributed by atoms with Crippen LogP contribution in [-0.2, 0) is 4.79 Å². The van der Waals surface area contributed by atoms with E-state index in [-0.39, 0.29) is 11.9 Å². The van der Waals surface area contributed by atoms with Gasteiger partial charge in [-0.2, -0.15) is 0 Å². The summed E-state index contributed by atoms with van der Waals surface area (Å²) in [5, 5.41) is 11.6. The van der Waals surface area contributed by atoms with Gasteiger partial charge in [-0.25, -0.2) is 9.97 Å². The predicted octanol–water partition coefficient (Wildman–Crippen LogP) is 3.86. The number of carbonyl (C=O) groups is 1. The molecule has 168 valence electrons. The number of rotatable bonds is 8. The van der Waals surface area contributed by atoms with Gasteiger partial charge in [0, 0.05) is 12.4 Å². The SMILES string of the molecule is COc1ccc(-n2c(SC(C)C(=O)Nc3ncccn3)nnc2-c2ccccc2OC)cc1. The molecule has 0 radical (unpaired) electrons. The lowest BCUT2D eigenvalue weighted by Crippen LogP contribution is -2.24. The number of anilines is 1. The molecule has 1 amide bonds. The minimum absolute atomic E-state index is 0.241. The first kappa shape index (κ1) is 22.3. The van der Waals surface area contributed by atoms with Crippen molar-refractivity contribution in [3.05, 3.63) is 67.0 Å². The summed E-state index contributed by atoms with van der Waals surface area (Å²) in [6.45, 7) is 1.79. The van der Waals surface area contributed by atoms with Gasteiger partial charge in [0.2, 0.25) is 11.9 Å². The maximum Gasteiger partial charge on any atom is 0.240 e. The third kappa shape index (κ3) is 4.96. The fraction of sp³-hybridized carbons (Fsp3) is 0.174. The second-order valence-corrected chi connectivity index (χ2v) is 8.17. The summed E-state index contributed by atoms with van der Waals surface area (Å²) in [5.41, 5.74) is 1.60. The van der Waals surface area contributed by atoms with E-state index < -0.39 is 5.25 Å². The Morgan fingerprint density at radius 1 is 0.970 bits per heavy atom. The average Bonchev–Trinajstić information content (AvgIpc) is 3.27. The van der Waals surface area contributed by atoms with Gasteiger partial charge in [0.25, 0.3) is 0 Å². The van der Waals surface area contributed by atoms with E-state index in [1.165, 1.54) is 11.8 Å². The summed E-state index contributed by atoms with van der Waals surface area (Å²) in [6.07, 6.45) is 3.14. The van der Waals surface area contributed by atoms with E-state index in [4.69, 9.17) is 9.47 Å². The number of methoxy groups -OCH3 is 2. The summed E-state index contributed by atoms with van der Waals surface area (Å²) in [7, 11) is 3.23. The second-order valence-electron chi connectivity index (χ2n) is 6.86. The molecule has 2 aromatic carbocycles. The van der Waals surface area contributed by atoms with Crippen LogP contribution in [0, 0.1) is 0 Å². The quantitative estimate of drug-likeness (QED) is 0.394. The largest absolute Gasteiger partial charge is 0.497 e. The highest BCUT2D eigenvalue weighted by Gasteiger charge is 2.23. The van der Waals surface area contributed by atoms with Crippen molar-refractivity contribution in [2.75, 3.05) is 19.5 Å². The van der Waals surface area contributed by atoms with Crippen LogP contribution in [0.1, 0.15) is 6.92 Å². The normalized spacial score (nSPS) is 11.6. The number of aromatic nitrogens is 5. The Labute approximate surface area is 195 Å². The van der Waals surface area contributed by atoms with Gasteiger partial charge in [0.15, 0.2) is 11.0 Å². The van der Waals surface area contributed by atoms with Gasteiger partial charge in [-0.15, -0.1) is 10.2 Å². The average molecular weight is 463 g/mol. The zero-order valence-corrected chi connectivity index (χ0v) is 19.1. The Morgan fingerprint density at radius 2 is 1.70 bits per heavy atom. The molecule has 0 saturated carbocycles. The number of amides is 1. The molecule has 2 aromatic heterocycles. The Bertz CT molecular complexity index is 1230. The molecule has 10 heteroatoms. The molecule has 1 N–H and O–H groups in total. The van der Waals surface area contributed by atoms with Crippen LogP contribution in [-0.4, -0.2) is 50.1 Å². The molecule has 9 nitrogen and oxygen atoms in total. The van der Waals surface area contributed by atoms with E-state index in [2.05, 4.69) is 25.5 Å². The minimum Gasteiger partial charge on any atom is -0.497 e. The number of thioether (sulfide) groups is 1. The first-order chi connectivity index (χ1) is 16.1. The van der Waals surface area contributed by atoms with Crippen LogP contribution in [0.3, 0.4) is 0 Å². The molecular formula is C23H22N6O3S. The van der Waals surface area contributed by atoms with Crippen molar-refractivity contribution >= 4 is 23.6 Å². The fourth-order valence-electron chi connectivity index (χ4n) is 3.10. The van der Waals surface area contributed by atoms with Gasteiger partial charge in [0.1, 0.15) is 11.5 Å². The monoisotopic (exact) mass is 462 g/mol. The number of hydrogen-bond donors (Lipinski definition) is 1. The van der Waals surface area contributed by atoms with Gasteiger partial charge in [-0.05, 0) is 49.4 Å². The van der Waals surface area contributed by atoms with Crippen LogP contribution in [0.25, 0.3) is 17.1 Å². The van der Waals surface area contributed by atoms with Crippen molar-refractivity contribution in [2.45, 2.75) is 17.3 Å². The zero-order chi connectivity index (χ0) is 23.2. The smallest absolute Gasteiger partial charge is 0.240 e. The second kappa shape index (κ2) is 10.1. The van der Waals surface area contributed by atoms with Gasteiger partial charge in [-0.3, -0.25) is 14.7 Å². The standard InChI is InChI=1S/C23H22N6O3S/c1-15(21(30)26-22-24-13-6-14-25-22)33-23-28-27-20(18-7-4-5-8-19(18)32-3)29(23)16-9-11-17(31-2)12-10-16/h4-15H,1-3H3,(H,24,25,26,30). The number of nitrogens with one attached hydrogen (secondary N) is 1. The lowest BCUT2D eigenvalue weighted by atomic mass is 10.2. The van der Waals surface area contributed by atoms with Gasteiger partial charge in [-0.1, -0.05) is 23.9 Å². The third-order valence-electron chi connectivity index (χ3n) is 4.76. The highest BCUT2D eigenvalue weighted by molar-refractivity contribution is 8.00. The first-order valence-corrected chi connectivity index (χ1v) is 11.0. The first-order valence-electron chi connectivity index (χ1n) is 10.1. The highest BCUT2D eigenvalue weighted by Crippen LogP contribution is 2.34. The molecule has 33 heavy (non-hydrogen) atoms. The van der Waals surface area contributed by atoms with E-state index in [0.717, 1.165) is 17.0 Å². The number of hydrogen-bond acceptors (Lipinski definition) is 8. The third-order valence-corrected chi connectivity index (χ3v) is 5.81. The number of carbonyl (C=O) groups excluding carboxylic acids is 1. The molecule has 0 spiro atoms. The highest BCUT2D eigenvalue weighted by atomic mass is 32.2. The molecule has 1 atom stereocenters. The molecular weight excluding hydrogens is 440 g/mol. The number of benzene rings is 2. The van der Waals surface area contributed by atoms with Crippen LogP contribution in [0.2, 0.25) is 0 Å². The number of nitrogens with zero attached hydrogens (tertiary/aromatic N) is 5. The summed E-state index contributed by atoms with van der Waals surface area (Å²) in [5.74, 6) is 2.01. The minimum atomic E-state index is -0.486. The predicted molar refractivity (Wildman–Crippen MR) is 126 cm³/mol. The molecule has 0 saturated heterocycles. The summed E-state index contributed by atoms with van der Waals surface area (Å²) < 4.78 is 12.7. The van der Waals surface area contributed by atoms with Crippen molar-refractivity contribution in [3.8, 4) is 28.6 Å². The lowest BCUT2D eigenvalue weighted by Gasteiger charge is -2.15. The molecule has 0 aliphatic heterocycles. The lowest BCUT2D eigenvalue weighted by molar-refractivity contribution is -0.115. The summed E-state index contributed by atoms with van der Waals surface area (Å²) in [6, 6.07) is 16.8. The Hall–Kier alpha value is -3.92. The van der Waals surface area contributed by atoms with Crippen LogP contribution in [0.4, 0.5) is 5.95 Å². The number of para-hydroxylation sites is 1. The molecule has 0 bridgehead atoms. The van der Waals surface area contributed by atoms with Crippen molar-refractivity contribution < 1.29 is 14.3 Å². The Morgan fingerprint density at radius 3 is 2.39 bits per heavy atom. The summed E-state index contributed by atoms with van der Waals surface area (Å²) in [4.78, 5) is 20.8. The molecule has 2 heterocycles. The van der Waals surface area contributed by atoms with Gasteiger partial charge in [0.05, 0.1) is 30.7 Å². The maximum absolute atomic E-state index is 12.7. The van der Waals surface area contributed by atoms with Crippen molar-refractivity contribution in [2.24, 2.45) is 0 Å². The van der Waals surface area contributed by atoms with E-state index in [9.17, 15) is 4.79 Å². The van der Waals surface area contributed by atoms with Gasteiger partial charge >= 0.3 is 0 Å². The van der Waals surface area contributed by atoms with Crippen LogP contribution >= 0.6 is 11.8 Å². The van der Waals surface area contributed by atoms with E-state index in [0.29, 0.717) is 16.7 Å². The summed E-state index contributed by atoms with van der Waals surface area (Å²) >= 11 is 1.28.